The van der Waals surface area contributed by atoms with Crippen LogP contribution in [0, 0.1) is 0 Å². The van der Waals surface area contributed by atoms with Crippen LogP contribution >= 0.6 is 22.0 Å². The Hall–Kier alpha value is -0.340. The summed E-state index contributed by atoms with van der Waals surface area (Å²) in [6, 6.07) is 0. The van der Waals surface area contributed by atoms with Crippen LogP contribution in [0.15, 0.2) is 0 Å². The van der Waals surface area contributed by atoms with E-state index in [1.54, 1.807) is 0 Å². The molecule has 4 saturated heterocycles. The molecule has 0 bridgehead atoms. The smallest absolute Gasteiger partial charge is 0.317 e. The van der Waals surface area contributed by atoms with Gasteiger partial charge in [-0.25, -0.2) is 8.61 Å². The summed E-state index contributed by atoms with van der Waals surface area (Å²) in [6.07, 6.45) is 8.35. The first-order valence-electron chi connectivity index (χ1n) is 12.3. The van der Waals surface area contributed by atoms with Gasteiger partial charge in [-0.15, -0.1) is 3.63 Å². The average molecular weight is 609 g/mol. The average Bonchev–Trinajstić information content (AvgIpc) is 3.28. The van der Waals surface area contributed by atoms with Crippen LogP contribution in [0.4, 0.5) is 0 Å². The summed E-state index contributed by atoms with van der Waals surface area (Å²) in [5, 5.41) is 5.61. The van der Waals surface area contributed by atoms with Crippen LogP contribution in [0.1, 0.15) is 51.4 Å². The van der Waals surface area contributed by atoms with Gasteiger partial charge < -0.3 is 20.1 Å². The molecule has 0 aromatic heterocycles. The van der Waals surface area contributed by atoms with Gasteiger partial charge in [0.2, 0.25) is 11.8 Å². The molecule has 0 saturated carbocycles. The van der Waals surface area contributed by atoms with Crippen LogP contribution in [0.2, 0.25) is 0 Å². The molecule has 4 aliphatic heterocycles. The van der Waals surface area contributed by atoms with Crippen LogP contribution in [0.25, 0.3) is 0 Å². The largest absolute Gasteiger partial charge is 0.379 e. The summed E-state index contributed by atoms with van der Waals surface area (Å²) >= 11 is -5.29. The lowest BCUT2D eigenvalue weighted by molar-refractivity contribution is -0.121. The summed E-state index contributed by atoms with van der Waals surface area (Å²) < 4.78 is 52.6. The molecular weight excluding hydrogens is 569 g/mol. The standard InChI is InChI=1S/C8H16N2O2S2.2C6H11NO.H2O5S2/c1-5-11-6-2-9(1)13-14-10-3-7-12-8-4-10;2*8-6-4-2-1-3-5-7-6;1-6(2)5-7(3)4/h1-8H2;2*1-5H2,(H,7,8);(H,1,2)(H,3,4). The summed E-state index contributed by atoms with van der Waals surface area (Å²) in [7, 11) is 3.69. The molecule has 218 valence electrons. The predicted octanol–water partition coefficient (Wildman–Crippen LogP) is 1.49. The minimum Gasteiger partial charge on any atom is -0.379 e. The Morgan fingerprint density at radius 3 is 1.38 bits per heavy atom. The van der Waals surface area contributed by atoms with Crippen molar-refractivity contribution in [3.63, 3.8) is 0 Å². The van der Waals surface area contributed by atoms with Crippen molar-refractivity contribution in [1.82, 2.24) is 19.2 Å². The number of morpholine rings is 2. The van der Waals surface area contributed by atoms with Gasteiger partial charge in [-0.05, 0) is 25.7 Å². The molecule has 0 spiro atoms. The Bertz CT molecular complexity index is 596. The maximum absolute atomic E-state index is 10.6. The first kappa shape index (κ1) is 34.7. The van der Waals surface area contributed by atoms with E-state index in [4.69, 9.17) is 18.6 Å². The number of nitrogens with zero attached hydrogens (tertiary/aromatic N) is 2. The van der Waals surface area contributed by atoms with Crippen molar-refractivity contribution in [3.8, 4) is 0 Å². The maximum Gasteiger partial charge on any atom is 0.317 e. The van der Waals surface area contributed by atoms with Crippen molar-refractivity contribution in [2.24, 2.45) is 0 Å². The third-order valence-corrected chi connectivity index (χ3v) is 8.72. The minimum absolute atomic E-state index is 0.225. The van der Waals surface area contributed by atoms with E-state index in [9.17, 15) is 18.0 Å². The van der Waals surface area contributed by atoms with Crippen molar-refractivity contribution in [3.05, 3.63) is 0 Å². The number of nitrogens with one attached hydrogen (secondary N) is 2. The molecule has 0 atom stereocenters. The highest BCUT2D eigenvalue weighted by Gasteiger charge is 2.16. The Kier molecular flexibility index (Phi) is 22.1. The zero-order valence-corrected chi connectivity index (χ0v) is 24.3. The number of carbonyl (C=O) groups excluding carboxylic acids is 2. The molecule has 0 aromatic rings. The summed E-state index contributed by atoms with van der Waals surface area (Å²) in [6.45, 7) is 9.44. The molecule has 4 rings (SSSR count). The maximum atomic E-state index is 10.6. The fourth-order valence-corrected chi connectivity index (χ4v) is 5.84. The topological polar surface area (TPSA) is 167 Å². The molecule has 4 heterocycles. The highest BCUT2D eigenvalue weighted by atomic mass is 33.1. The Morgan fingerprint density at radius 1 is 0.676 bits per heavy atom. The van der Waals surface area contributed by atoms with Crippen molar-refractivity contribution >= 4 is 56.5 Å². The van der Waals surface area contributed by atoms with Crippen molar-refractivity contribution < 1.29 is 40.2 Å². The second kappa shape index (κ2) is 23.5. The molecule has 37 heavy (non-hydrogen) atoms. The van der Waals surface area contributed by atoms with Crippen LogP contribution in [0.3, 0.4) is 0 Å². The van der Waals surface area contributed by atoms with E-state index >= 15 is 0 Å². The van der Waals surface area contributed by atoms with E-state index in [0.717, 1.165) is 104 Å². The van der Waals surface area contributed by atoms with E-state index in [2.05, 4.69) is 22.9 Å². The first-order chi connectivity index (χ1) is 17.9. The highest BCUT2D eigenvalue weighted by Crippen LogP contribution is 2.30. The first-order valence-corrected chi connectivity index (χ1v) is 16.4. The van der Waals surface area contributed by atoms with Gasteiger partial charge in [-0.2, -0.15) is 8.42 Å². The van der Waals surface area contributed by atoms with Crippen molar-refractivity contribution in [2.75, 3.05) is 65.7 Å². The second-order valence-corrected chi connectivity index (χ2v) is 11.7. The summed E-state index contributed by atoms with van der Waals surface area (Å²) in [5.74, 6) is 0.449. The van der Waals surface area contributed by atoms with E-state index in [0.29, 0.717) is 0 Å². The number of rotatable bonds is 5. The lowest BCUT2D eigenvalue weighted by Gasteiger charge is -2.29. The zero-order valence-electron chi connectivity index (χ0n) is 21.0. The molecule has 4 fully saturated rings. The Balaban J connectivity index is 0.000000260. The molecule has 0 aromatic carbocycles. The van der Waals surface area contributed by atoms with Gasteiger partial charge in [0.05, 0.1) is 26.4 Å². The number of hydrogen-bond donors (Lipinski definition) is 4. The minimum atomic E-state index is -2.65. The van der Waals surface area contributed by atoms with Gasteiger partial charge >= 0.3 is 22.7 Å². The summed E-state index contributed by atoms with van der Waals surface area (Å²) in [5.41, 5.74) is 0. The Morgan fingerprint density at radius 2 is 1.05 bits per heavy atom. The van der Waals surface area contributed by atoms with Crippen LogP contribution in [-0.4, -0.2) is 104 Å². The van der Waals surface area contributed by atoms with Gasteiger partial charge in [0.1, 0.15) is 0 Å². The van der Waals surface area contributed by atoms with Crippen LogP contribution in [0.5, 0.6) is 0 Å². The molecule has 0 unspecified atom stereocenters. The van der Waals surface area contributed by atoms with E-state index < -0.39 is 22.7 Å². The van der Waals surface area contributed by atoms with Crippen molar-refractivity contribution in [1.29, 1.82) is 0 Å². The van der Waals surface area contributed by atoms with Crippen LogP contribution in [-0.2, 0) is 45.4 Å². The fraction of sp³-hybridized carbons (Fsp3) is 0.900. The molecule has 0 aliphatic carbocycles. The number of ether oxygens (including phenoxy) is 2. The van der Waals surface area contributed by atoms with Gasteiger partial charge in [-0.1, -0.05) is 12.8 Å². The van der Waals surface area contributed by atoms with Gasteiger partial charge in [-0.3, -0.25) is 18.7 Å². The van der Waals surface area contributed by atoms with E-state index in [1.807, 2.05) is 22.0 Å². The number of hydrogen-bond acceptors (Lipinski definition) is 11. The third kappa shape index (κ3) is 22.2. The van der Waals surface area contributed by atoms with Gasteiger partial charge in [0.15, 0.2) is 0 Å². The lowest BCUT2D eigenvalue weighted by Crippen LogP contribution is -2.33. The molecule has 4 aliphatic rings. The monoisotopic (exact) mass is 608 g/mol. The predicted molar refractivity (Wildman–Crippen MR) is 146 cm³/mol. The lowest BCUT2D eigenvalue weighted by atomic mass is 10.2. The zero-order chi connectivity index (χ0) is 27.1. The second-order valence-electron chi connectivity index (χ2n) is 8.06. The highest BCUT2D eigenvalue weighted by molar-refractivity contribution is 8.74. The third-order valence-electron chi connectivity index (χ3n) is 5.11. The molecule has 2 amide bonds. The quantitative estimate of drug-likeness (QED) is 0.202. The molecule has 17 heteroatoms. The van der Waals surface area contributed by atoms with Gasteiger partial charge in [0, 0.05) is 74.1 Å². The fourth-order valence-electron chi connectivity index (χ4n) is 3.19. The molecular formula is C20H40N4O9S4. The van der Waals surface area contributed by atoms with Crippen molar-refractivity contribution in [2.45, 2.75) is 51.4 Å². The summed E-state index contributed by atoms with van der Waals surface area (Å²) in [4.78, 5) is 21.1. The van der Waals surface area contributed by atoms with Crippen LogP contribution < -0.4 is 10.6 Å². The number of amides is 2. The molecule has 0 radical (unpaired) electrons. The molecule has 13 nitrogen and oxygen atoms in total. The van der Waals surface area contributed by atoms with Gasteiger partial charge in [0.25, 0.3) is 0 Å². The normalized spacial score (nSPS) is 23.0. The van der Waals surface area contributed by atoms with E-state index in [1.165, 1.54) is 12.8 Å². The molecule has 4 N–H and O–H groups in total. The van der Waals surface area contributed by atoms with E-state index in [-0.39, 0.29) is 11.8 Å². The Labute approximate surface area is 232 Å². The SMILES string of the molecule is C1CN(SSN2CCOCC2)CCO1.O=C1CCCCCN1.O=C1CCCCCN1.O=S(O)OS(=O)O. The number of carbonyl (C=O) groups is 2.